The smallest absolute Gasteiger partial charge is 0.336 e. The second kappa shape index (κ2) is 24.5. The highest BCUT2D eigenvalue weighted by molar-refractivity contribution is 5.93. The zero-order valence-corrected chi connectivity index (χ0v) is 29.7. The minimum Gasteiger partial charge on any atom is -0.481 e. The number of hydrogen-bond acceptors (Lipinski definition) is 7. The third-order valence-corrected chi connectivity index (χ3v) is 8.23. The molecule has 1 aromatic carbocycles. The molecule has 0 unspecified atom stereocenters. The average molecular weight is 671 g/mol. The molecule has 0 saturated carbocycles. The van der Waals surface area contributed by atoms with Crippen LogP contribution in [-0.2, 0) is 30.3 Å². The van der Waals surface area contributed by atoms with Crippen LogP contribution in [0.4, 0.5) is 0 Å². The molecule has 0 fully saturated rings. The first-order valence-corrected chi connectivity index (χ1v) is 17.3. The number of Topliss-reactive ketones (excluding diaryl/α,β-unsaturated/α-hetero) is 1. The van der Waals surface area contributed by atoms with Gasteiger partial charge >= 0.3 is 5.97 Å². The van der Waals surface area contributed by atoms with Crippen molar-refractivity contribution in [1.29, 1.82) is 0 Å². The SMILES string of the molecule is CC#CCOc1ccc(C[C@H](NC(=O)[C@@H](/C=C/CCCCCCC(=O)CCCCCCC)[C@@](O)(CCOC)C(=O)O)C(=O)N(C)C)cc1. The van der Waals surface area contributed by atoms with Crippen LogP contribution in [0, 0.1) is 17.8 Å². The highest BCUT2D eigenvalue weighted by Gasteiger charge is 2.47. The molecule has 10 heteroatoms. The van der Waals surface area contributed by atoms with Gasteiger partial charge < -0.3 is 29.9 Å². The summed E-state index contributed by atoms with van der Waals surface area (Å²) in [5.41, 5.74) is -1.71. The number of allylic oxidation sites excluding steroid dienone is 1. The van der Waals surface area contributed by atoms with Gasteiger partial charge in [0.15, 0.2) is 5.60 Å². The lowest BCUT2D eigenvalue weighted by molar-refractivity contribution is -0.168. The molecule has 0 aliphatic carbocycles. The van der Waals surface area contributed by atoms with Gasteiger partial charge in [0.25, 0.3) is 0 Å². The third kappa shape index (κ3) is 16.4. The molecule has 0 aliphatic heterocycles. The number of rotatable bonds is 26. The van der Waals surface area contributed by atoms with E-state index in [9.17, 15) is 29.4 Å². The van der Waals surface area contributed by atoms with Crippen molar-refractivity contribution in [2.24, 2.45) is 5.92 Å². The molecule has 0 aliphatic rings. The van der Waals surface area contributed by atoms with Crippen molar-refractivity contribution in [2.45, 2.75) is 115 Å². The summed E-state index contributed by atoms with van der Waals surface area (Å²) in [4.78, 5) is 52.7. The van der Waals surface area contributed by atoms with E-state index in [0.717, 1.165) is 44.1 Å². The quantitative estimate of drug-likeness (QED) is 0.0667. The zero-order chi connectivity index (χ0) is 35.8. The van der Waals surface area contributed by atoms with Gasteiger partial charge in [-0.25, -0.2) is 4.79 Å². The first kappa shape index (κ1) is 42.3. The fourth-order valence-electron chi connectivity index (χ4n) is 5.26. The Hall–Kier alpha value is -3.68. The molecule has 3 N–H and O–H groups in total. The van der Waals surface area contributed by atoms with E-state index in [1.54, 1.807) is 51.4 Å². The van der Waals surface area contributed by atoms with Crippen LogP contribution in [0.2, 0.25) is 0 Å². The van der Waals surface area contributed by atoms with Crippen LogP contribution in [0.3, 0.4) is 0 Å². The van der Waals surface area contributed by atoms with Gasteiger partial charge in [0, 0.05) is 53.5 Å². The Morgan fingerprint density at radius 3 is 2.17 bits per heavy atom. The van der Waals surface area contributed by atoms with Crippen molar-refractivity contribution >= 4 is 23.6 Å². The van der Waals surface area contributed by atoms with Gasteiger partial charge in [-0.15, -0.1) is 5.92 Å². The summed E-state index contributed by atoms with van der Waals surface area (Å²) >= 11 is 0. The van der Waals surface area contributed by atoms with Gasteiger partial charge in [-0.05, 0) is 50.3 Å². The number of nitrogens with zero attached hydrogens (tertiary/aromatic N) is 1. The Kier molecular flexibility index (Phi) is 21.6. The van der Waals surface area contributed by atoms with Crippen LogP contribution >= 0.6 is 0 Å². The van der Waals surface area contributed by atoms with E-state index in [4.69, 9.17) is 9.47 Å². The van der Waals surface area contributed by atoms with Crippen LogP contribution in [0.15, 0.2) is 36.4 Å². The van der Waals surface area contributed by atoms with E-state index in [-0.39, 0.29) is 32.0 Å². The van der Waals surface area contributed by atoms with Gasteiger partial charge in [-0.3, -0.25) is 14.4 Å². The average Bonchev–Trinajstić information content (AvgIpc) is 3.06. The molecule has 3 atom stereocenters. The minimum atomic E-state index is -2.46. The summed E-state index contributed by atoms with van der Waals surface area (Å²) in [7, 11) is 4.52. The van der Waals surface area contributed by atoms with E-state index in [0.29, 0.717) is 30.8 Å². The van der Waals surface area contributed by atoms with Gasteiger partial charge in [-0.2, -0.15) is 0 Å². The van der Waals surface area contributed by atoms with Gasteiger partial charge in [-0.1, -0.05) is 75.7 Å². The topological polar surface area (TPSA) is 142 Å². The molecule has 0 radical (unpaired) electrons. The van der Waals surface area contributed by atoms with Gasteiger partial charge in [0.1, 0.15) is 24.2 Å². The Morgan fingerprint density at radius 1 is 0.979 bits per heavy atom. The Labute approximate surface area is 287 Å². The van der Waals surface area contributed by atoms with Crippen molar-refractivity contribution in [1.82, 2.24) is 10.2 Å². The van der Waals surface area contributed by atoms with E-state index >= 15 is 0 Å². The molecule has 1 rings (SSSR count). The fourth-order valence-corrected chi connectivity index (χ4v) is 5.26. The second-order valence-corrected chi connectivity index (χ2v) is 12.4. The molecule has 48 heavy (non-hydrogen) atoms. The van der Waals surface area contributed by atoms with Crippen molar-refractivity contribution in [3.63, 3.8) is 0 Å². The predicted octanol–water partition coefficient (Wildman–Crippen LogP) is 5.50. The molecule has 0 spiro atoms. The van der Waals surface area contributed by atoms with Crippen LogP contribution in [0.1, 0.15) is 103 Å². The van der Waals surface area contributed by atoms with Gasteiger partial charge in [0.05, 0.1) is 5.92 Å². The molecule has 2 amide bonds. The summed E-state index contributed by atoms with van der Waals surface area (Å²) < 4.78 is 10.6. The number of hydrogen-bond donors (Lipinski definition) is 3. The summed E-state index contributed by atoms with van der Waals surface area (Å²) in [5.74, 6) is 2.31. The number of carbonyl (C=O) groups is 4. The maximum atomic E-state index is 13.7. The maximum Gasteiger partial charge on any atom is 0.336 e. The normalized spacial score (nSPS) is 13.5. The third-order valence-electron chi connectivity index (χ3n) is 8.23. The predicted molar refractivity (Wildman–Crippen MR) is 188 cm³/mol. The Bertz CT molecular complexity index is 1200. The summed E-state index contributed by atoms with van der Waals surface area (Å²) in [5, 5.41) is 24.1. The number of carboxylic acid groups (broad SMARTS) is 1. The zero-order valence-electron chi connectivity index (χ0n) is 29.7. The van der Waals surface area contributed by atoms with Crippen LogP contribution in [-0.4, -0.2) is 84.7 Å². The number of aliphatic carboxylic acids is 1. The first-order chi connectivity index (χ1) is 23.0. The minimum absolute atomic E-state index is 0.0871. The fraction of sp³-hybridized carbons (Fsp3) is 0.632. The largest absolute Gasteiger partial charge is 0.481 e. The molecule has 0 bridgehead atoms. The van der Waals surface area contributed by atoms with E-state index in [1.165, 1.54) is 37.3 Å². The number of ketones is 1. The summed E-state index contributed by atoms with van der Waals surface area (Å²) in [6.07, 6.45) is 13.8. The van der Waals surface area contributed by atoms with E-state index in [2.05, 4.69) is 24.1 Å². The number of amides is 2. The first-order valence-electron chi connectivity index (χ1n) is 17.3. The van der Waals surface area contributed by atoms with Crippen molar-refractivity contribution < 1.29 is 38.9 Å². The standard InChI is InChI=1S/C38H58N2O8/c1-6-8-10-13-16-19-31(41)20-17-14-11-12-15-18-21-33(38(46,37(44)45)26-28-47-5)35(42)39-34(36(43)40(3)4)29-30-22-24-32(25-23-30)48-27-9-7-2/h18,21-25,33-34,46H,6,8,10-17,19-20,26-29H2,1-5H3,(H,39,42)(H,44,45)/b21-18+/t33-,34+,38+/m1/s1. The number of ether oxygens (including phenoxy) is 2. The van der Waals surface area contributed by atoms with Crippen LogP contribution in [0.25, 0.3) is 0 Å². The van der Waals surface area contributed by atoms with E-state index in [1.807, 2.05) is 0 Å². The molecule has 0 aromatic heterocycles. The number of aliphatic hydroxyl groups is 1. The number of carboxylic acids is 1. The molecule has 10 nitrogen and oxygen atoms in total. The lowest BCUT2D eigenvalue weighted by Gasteiger charge is -2.31. The molecule has 1 aromatic rings. The number of unbranched alkanes of at least 4 members (excludes halogenated alkanes) is 8. The van der Waals surface area contributed by atoms with Crippen molar-refractivity contribution in [3.05, 3.63) is 42.0 Å². The number of benzene rings is 1. The molecule has 268 valence electrons. The lowest BCUT2D eigenvalue weighted by Crippen LogP contribution is -2.56. The highest BCUT2D eigenvalue weighted by atomic mass is 16.5. The van der Waals surface area contributed by atoms with Gasteiger partial charge in [0.2, 0.25) is 11.8 Å². The molecular weight excluding hydrogens is 612 g/mol. The number of methoxy groups -OCH3 is 1. The lowest BCUT2D eigenvalue weighted by atomic mass is 9.83. The summed E-state index contributed by atoms with van der Waals surface area (Å²) in [6.45, 7) is 4.06. The van der Waals surface area contributed by atoms with Crippen molar-refractivity contribution in [3.8, 4) is 17.6 Å². The molecule has 0 saturated heterocycles. The van der Waals surface area contributed by atoms with Crippen LogP contribution in [0.5, 0.6) is 5.75 Å². The van der Waals surface area contributed by atoms with Crippen molar-refractivity contribution in [2.75, 3.05) is 34.4 Å². The number of carbonyl (C=O) groups excluding carboxylic acids is 3. The monoisotopic (exact) mass is 670 g/mol. The Morgan fingerprint density at radius 2 is 1.60 bits per heavy atom. The summed E-state index contributed by atoms with van der Waals surface area (Å²) in [6, 6.07) is 6.05. The highest BCUT2D eigenvalue weighted by Crippen LogP contribution is 2.26. The number of nitrogens with one attached hydrogen (secondary N) is 1. The Balaban J connectivity index is 2.93. The molecular formula is C38H58N2O8. The van der Waals surface area contributed by atoms with Crippen LogP contribution < -0.4 is 10.1 Å². The maximum absolute atomic E-state index is 13.7. The number of likely N-dealkylation sites (N-methyl/N-ethyl adjacent to an activating group) is 1. The van der Waals surface area contributed by atoms with E-state index < -0.39 is 29.4 Å². The second-order valence-electron chi connectivity index (χ2n) is 12.4. The molecule has 0 heterocycles.